The van der Waals surface area contributed by atoms with E-state index in [-0.39, 0.29) is 6.61 Å². The topological polar surface area (TPSA) is 97.4 Å². The molecule has 0 unspecified atom stereocenters. The predicted molar refractivity (Wildman–Crippen MR) is 65.0 cm³/mol. The maximum absolute atomic E-state index is 11.3. The highest BCUT2D eigenvalue weighted by Gasteiger charge is 2.56. The molecule has 9 heteroatoms. The van der Waals surface area contributed by atoms with Gasteiger partial charge in [0.05, 0.1) is 6.26 Å². The number of hydrogen-bond donors (Lipinski definition) is 0. The van der Waals surface area contributed by atoms with E-state index >= 15 is 0 Å². The lowest BCUT2D eigenvalue weighted by Crippen LogP contribution is -2.40. The molecule has 116 valence electrons. The predicted octanol–water partition coefficient (Wildman–Crippen LogP) is -0.229. The second kappa shape index (κ2) is 5.23. The minimum absolute atomic E-state index is 0.129. The zero-order valence-electron chi connectivity index (χ0n) is 11.7. The lowest BCUT2D eigenvalue weighted by atomic mass is 10.1. The van der Waals surface area contributed by atoms with E-state index in [2.05, 4.69) is 0 Å². The maximum atomic E-state index is 11.3. The highest BCUT2D eigenvalue weighted by molar-refractivity contribution is 7.86. The van der Waals surface area contributed by atoms with Gasteiger partial charge in [0.25, 0.3) is 10.1 Å². The molecule has 0 amide bonds. The Morgan fingerprint density at radius 1 is 1.30 bits per heavy atom. The molecule has 0 aliphatic carbocycles. The van der Waals surface area contributed by atoms with Crippen LogP contribution >= 0.6 is 0 Å². The Morgan fingerprint density at radius 2 is 1.95 bits per heavy atom. The van der Waals surface area contributed by atoms with Gasteiger partial charge in [0.2, 0.25) is 0 Å². The van der Waals surface area contributed by atoms with Gasteiger partial charge in [-0.05, 0) is 13.8 Å². The molecular weight excluding hydrogens is 292 g/mol. The van der Waals surface area contributed by atoms with Crippen LogP contribution in [0.4, 0.5) is 0 Å². The van der Waals surface area contributed by atoms with Crippen LogP contribution in [0.25, 0.3) is 0 Å². The van der Waals surface area contributed by atoms with Gasteiger partial charge in [0.15, 0.2) is 12.1 Å². The molecule has 2 rings (SSSR count). The van der Waals surface area contributed by atoms with Crippen LogP contribution < -0.4 is 0 Å². The minimum Gasteiger partial charge on any atom is -0.463 e. The molecular formula is C11H18O8S. The first-order valence-electron chi connectivity index (χ1n) is 6.10. The maximum Gasteiger partial charge on any atom is 0.302 e. The third-order valence-electron chi connectivity index (χ3n) is 2.82. The van der Waals surface area contributed by atoms with E-state index in [1.807, 2.05) is 0 Å². The summed E-state index contributed by atoms with van der Waals surface area (Å²) in [7, 11) is -3.71. The second-order valence-electron chi connectivity index (χ2n) is 5.21. The van der Waals surface area contributed by atoms with Crippen LogP contribution in [0.2, 0.25) is 0 Å². The van der Waals surface area contributed by atoms with Crippen LogP contribution in [0.1, 0.15) is 20.8 Å². The van der Waals surface area contributed by atoms with E-state index in [4.69, 9.17) is 23.1 Å². The number of fused-ring (bicyclic) bond motifs is 1. The summed E-state index contributed by atoms with van der Waals surface area (Å²) < 4.78 is 49.1. The van der Waals surface area contributed by atoms with Crippen molar-refractivity contribution in [1.82, 2.24) is 0 Å². The van der Waals surface area contributed by atoms with Gasteiger partial charge in [-0.25, -0.2) is 0 Å². The Morgan fingerprint density at radius 3 is 2.50 bits per heavy atom. The molecule has 4 atom stereocenters. The Balaban J connectivity index is 2.12. The molecule has 0 bridgehead atoms. The first-order valence-corrected chi connectivity index (χ1v) is 7.92. The van der Waals surface area contributed by atoms with Crippen molar-refractivity contribution < 1.29 is 36.3 Å². The monoisotopic (exact) mass is 310 g/mol. The van der Waals surface area contributed by atoms with Gasteiger partial charge in [-0.1, -0.05) is 0 Å². The van der Waals surface area contributed by atoms with Crippen molar-refractivity contribution >= 4 is 16.1 Å². The van der Waals surface area contributed by atoms with Crippen molar-refractivity contribution in [3.8, 4) is 0 Å². The number of rotatable bonds is 4. The smallest absolute Gasteiger partial charge is 0.302 e. The van der Waals surface area contributed by atoms with Gasteiger partial charge in [0.1, 0.15) is 24.9 Å². The molecule has 0 aromatic carbocycles. The average molecular weight is 310 g/mol. The fourth-order valence-corrected chi connectivity index (χ4v) is 2.84. The van der Waals surface area contributed by atoms with E-state index in [1.54, 1.807) is 13.8 Å². The van der Waals surface area contributed by atoms with Gasteiger partial charge < -0.3 is 18.9 Å². The van der Waals surface area contributed by atoms with Gasteiger partial charge >= 0.3 is 5.97 Å². The van der Waals surface area contributed by atoms with Crippen LogP contribution in [0, 0.1) is 0 Å². The minimum atomic E-state index is -3.71. The van der Waals surface area contributed by atoms with E-state index in [0.717, 1.165) is 6.26 Å². The fraction of sp³-hybridized carbons (Fsp3) is 0.909. The molecule has 8 nitrogen and oxygen atoms in total. The summed E-state index contributed by atoms with van der Waals surface area (Å²) in [5.74, 6) is -1.38. The van der Waals surface area contributed by atoms with E-state index in [0.29, 0.717) is 0 Å². The highest BCUT2D eigenvalue weighted by Crippen LogP contribution is 2.39. The molecule has 2 saturated heterocycles. The molecule has 0 N–H and O–H groups in total. The first-order chi connectivity index (χ1) is 9.07. The Kier molecular flexibility index (Phi) is 4.09. The number of hydrogen-bond acceptors (Lipinski definition) is 8. The Hall–Kier alpha value is -0.740. The van der Waals surface area contributed by atoms with Crippen LogP contribution in [-0.2, 0) is 38.0 Å². The van der Waals surface area contributed by atoms with Gasteiger partial charge in [0, 0.05) is 6.92 Å². The summed E-state index contributed by atoms with van der Waals surface area (Å²) in [6.07, 6.45) is -2.20. The largest absolute Gasteiger partial charge is 0.463 e. The van der Waals surface area contributed by atoms with Gasteiger partial charge in [-0.3, -0.25) is 8.98 Å². The summed E-state index contributed by atoms with van der Waals surface area (Å²) in [6, 6.07) is 0. The Bertz CT molecular complexity index is 485. The van der Waals surface area contributed by atoms with E-state index in [9.17, 15) is 13.2 Å². The van der Waals surface area contributed by atoms with Crippen molar-refractivity contribution in [2.24, 2.45) is 0 Å². The van der Waals surface area contributed by atoms with Crippen molar-refractivity contribution in [2.75, 3.05) is 12.9 Å². The summed E-state index contributed by atoms with van der Waals surface area (Å²) >= 11 is 0. The highest BCUT2D eigenvalue weighted by atomic mass is 32.2. The number of esters is 1. The number of carbonyl (C=O) groups is 1. The quantitative estimate of drug-likeness (QED) is 0.519. The molecule has 2 heterocycles. The third kappa shape index (κ3) is 3.67. The SMILES string of the molecule is CC(=O)OC[C@H]1O[C@@H]2OC(C)(C)O[C@@H]2[C@@H]1OS(C)(=O)=O. The zero-order valence-corrected chi connectivity index (χ0v) is 12.5. The van der Waals surface area contributed by atoms with E-state index < -0.39 is 46.5 Å². The lowest BCUT2D eigenvalue weighted by Gasteiger charge is -2.24. The average Bonchev–Trinajstić information content (AvgIpc) is 2.68. The normalized spacial score (nSPS) is 35.8. The Labute approximate surface area is 117 Å². The van der Waals surface area contributed by atoms with Crippen LogP contribution in [-0.4, -0.2) is 57.6 Å². The molecule has 0 spiro atoms. The molecule has 20 heavy (non-hydrogen) atoms. The summed E-state index contributed by atoms with van der Waals surface area (Å²) in [4.78, 5) is 10.8. The van der Waals surface area contributed by atoms with Gasteiger partial charge in [-0.2, -0.15) is 8.42 Å². The van der Waals surface area contributed by atoms with E-state index in [1.165, 1.54) is 6.92 Å². The summed E-state index contributed by atoms with van der Waals surface area (Å²) in [6.45, 7) is 4.49. The standard InChI is InChI=1S/C11H18O8S/c1-6(12)15-5-7-8(19-20(4,13)14)9-10(16-7)18-11(2,3)17-9/h7-10H,5H2,1-4H3/t7-,8-,9-,10-/m1/s1. The second-order valence-corrected chi connectivity index (χ2v) is 6.81. The molecule has 0 aromatic heterocycles. The molecule has 0 saturated carbocycles. The zero-order chi connectivity index (χ0) is 15.1. The summed E-state index contributed by atoms with van der Waals surface area (Å²) in [5, 5.41) is 0. The first kappa shape index (κ1) is 15.6. The molecule has 0 radical (unpaired) electrons. The van der Waals surface area contributed by atoms with Crippen molar-refractivity contribution in [3.05, 3.63) is 0 Å². The third-order valence-corrected chi connectivity index (χ3v) is 3.40. The van der Waals surface area contributed by atoms with Crippen molar-refractivity contribution in [1.29, 1.82) is 0 Å². The lowest BCUT2D eigenvalue weighted by molar-refractivity contribution is -0.218. The van der Waals surface area contributed by atoms with Gasteiger partial charge in [-0.15, -0.1) is 0 Å². The number of carbonyl (C=O) groups excluding carboxylic acids is 1. The number of ether oxygens (including phenoxy) is 4. The molecule has 2 aliphatic rings. The molecule has 0 aromatic rings. The fourth-order valence-electron chi connectivity index (χ4n) is 2.20. The van der Waals surface area contributed by atoms with Crippen LogP contribution in [0.3, 0.4) is 0 Å². The van der Waals surface area contributed by atoms with Crippen LogP contribution in [0.5, 0.6) is 0 Å². The van der Waals surface area contributed by atoms with Crippen LogP contribution in [0.15, 0.2) is 0 Å². The molecule has 2 aliphatic heterocycles. The molecule has 2 fully saturated rings. The van der Waals surface area contributed by atoms with Crippen molar-refractivity contribution in [3.63, 3.8) is 0 Å². The van der Waals surface area contributed by atoms with Crippen molar-refractivity contribution in [2.45, 2.75) is 51.2 Å². The summed E-state index contributed by atoms with van der Waals surface area (Å²) in [5.41, 5.74) is 0.